The predicted octanol–water partition coefficient (Wildman–Crippen LogP) is 5.45. The number of benzene rings is 2. The Labute approximate surface area is 216 Å². The second-order valence-electron chi connectivity index (χ2n) is 8.07. The number of thiazole rings is 1. The molecule has 1 aliphatic heterocycles. The Morgan fingerprint density at radius 3 is 2.49 bits per heavy atom. The molecule has 4 aromatic rings. The van der Waals surface area contributed by atoms with Crippen LogP contribution in [0, 0.1) is 17.8 Å². The van der Waals surface area contributed by atoms with Gasteiger partial charge in [0.15, 0.2) is 21.0 Å². The van der Waals surface area contributed by atoms with Gasteiger partial charge in [-0.3, -0.25) is 13.9 Å². The fourth-order valence-corrected chi connectivity index (χ4v) is 6.11. The van der Waals surface area contributed by atoms with E-state index in [1.165, 1.54) is 28.7 Å². The maximum atomic E-state index is 13.8. The molecule has 5 rings (SSSR count). The number of rotatable bonds is 7. The number of aromatic nitrogens is 3. The first-order valence-electron chi connectivity index (χ1n) is 11.3. The Bertz CT molecular complexity index is 1490. The van der Waals surface area contributed by atoms with Gasteiger partial charge in [-0.2, -0.15) is 0 Å². The molecule has 2 aromatic heterocycles. The van der Waals surface area contributed by atoms with Gasteiger partial charge < -0.3 is 14.2 Å². The van der Waals surface area contributed by atoms with Crippen LogP contribution in [0.25, 0.3) is 21.7 Å². The maximum absolute atomic E-state index is 13.8. The molecule has 0 atom stereocenters. The fourth-order valence-electron chi connectivity index (χ4n) is 3.86. The molecule has 0 radical (unpaired) electrons. The molecule has 0 amide bonds. The zero-order valence-electron chi connectivity index (χ0n) is 19.6. The van der Waals surface area contributed by atoms with Crippen LogP contribution in [-0.2, 0) is 9.47 Å². The van der Waals surface area contributed by atoms with Gasteiger partial charge in [0.25, 0.3) is 5.56 Å². The molecule has 10 heteroatoms. The van der Waals surface area contributed by atoms with Crippen LogP contribution in [-0.4, -0.2) is 46.0 Å². The van der Waals surface area contributed by atoms with Crippen molar-refractivity contribution < 1.29 is 14.2 Å². The quantitative estimate of drug-likeness (QED) is 0.180. The van der Waals surface area contributed by atoms with Gasteiger partial charge in [0.1, 0.15) is 10.4 Å². The standard InChI is InChI=1S/C25H25N3O4S3/c1-4-30-19-9-7-17(8-10-19)28-23(29)21-22(26-24(28)34-14-20-31-11-12-32-20)27(25(33)35-21)18-6-5-15(2)16(3)13-18/h5-10,13,20H,4,11-12,14H2,1-3H3. The van der Waals surface area contributed by atoms with Crippen molar-refractivity contribution in [3.8, 4) is 17.1 Å². The van der Waals surface area contributed by atoms with Crippen LogP contribution in [0.3, 0.4) is 0 Å². The number of thioether (sulfide) groups is 1. The summed E-state index contributed by atoms with van der Waals surface area (Å²) in [5.41, 5.74) is 4.35. The molecule has 0 aliphatic carbocycles. The van der Waals surface area contributed by atoms with E-state index in [-0.39, 0.29) is 11.8 Å². The van der Waals surface area contributed by atoms with E-state index in [9.17, 15) is 4.79 Å². The highest BCUT2D eigenvalue weighted by Crippen LogP contribution is 2.29. The summed E-state index contributed by atoms with van der Waals surface area (Å²) in [5, 5.41) is 0.552. The minimum Gasteiger partial charge on any atom is -0.494 e. The summed E-state index contributed by atoms with van der Waals surface area (Å²) in [5.74, 6) is 1.26. The summed E-state index contributed by atoms with van der Waals surface area (Å²) < 4.78 is 21.4. The predicted molar refractivity (Wildman–Crippen MR) is 142 cm³/mol. The highest BCUT2D eigenvalue weighted by molar-refractivity contribution is 7.99. The molecule has 1 aliphatic rings. The highest BCUT2D eigenvalue weighted by atomic mass is 32.2. The van der Waals surface area contributed by atoms with Gasteiger partial charge in [0.2, 0.25) is 0 Å². The van der Waals surface area contributed by atoms with Crippen LogP contribution in [0.1, 0.15) is 18.1 Å². The van der Waals surface area contributed by atoms with E-state index < -0.39 is 0 Å². The average molecular weight is 528 g/mol. The van der Waals surface area contributed by atoms with Crippen LogP contribution < -0.4 is 10.3 Å². The number of hydrogen-bond donors (Lipinski definition) is 0. The lowest BCUT2D eigenvalue weighted by atomic mass is 10.1. The number of nitrogens with zero attached hydrogens (tertiary/aromatic N) is 3. The number of hydrogen-bond acceptors (Lipinski definition) is 8. The first kappa shape index (κ1) is 24.2. The van der Waals surface area contributed by atoms with E-state index in [1.807, 2.05) is 41.8 Å². The smallest absolute Gasteiger partial charge is 0.278 e. The van der Waals surface area contributed by atoms with E-state index in [2.05, 4.69) is 26.0 Å². The Morgan fingerprint density at radius 1 is 1.09 bits per heavy atom. The molecule has 0 unspecified atom stereocenters. The van der Waals surface area contributed by atoms with Gasteiger partial charge in [0, 0.05) is 5.69 Å². The fraction of sp³-hybridized carbons (Fsp3) is 0.320. The van der Waals surface area contributed by atoms with Crippen molar-refractivity contribution in [2.75, 3.05) is 25.6 Å². The van der Waals surface area contributed by atoms with Crippen molar-refractivity contribution in [2.24, 2.45) is 0 Å². The Morgan fingerprint density at radius 2 is 1.80 bits per heavy atom. The molecule has 1 fully saturated rings. The van der Waals surface area contributed by atoms with E-state index in [1.54, 1.807) is 4.57 Å². The molecule has 35 heavy (non-hydrogen) atoms. The highest BCUT2D eigenvalue weighted by Gasteiger charge is 2.22. The number of fused-ring (bicyclic) bond motifs is 1. The van der Waals surface area contributed by atoms with Crippen LogP contribution in [0.2, 0.25) is 0 Å². The molecule has 2 aromatic carbocycles. The van der Waals surface area contributed by atoms with Gasteiger partial charge in [0.05, 0.1) is 31.3 Å². The average Bonchev–Trinajstić information content (AvgIpc) is 3.48. The van der Waals surface area contributed by atoms with Crippen LogP contribution in [0.15, 0.2) is 52.4 Å². The van der Waals surface area contributed by atoms with Gasteiger partial charge in [-0.15, -0.1) is 0 Å². The van der Waals surface area contributed by atoms with Crippen molar-refractivity contribution in [1.29, 1.82) is 0 Å². The molecule has 182 valence electrons. The van der Waals surface area contributed by atoms with E-state index >= 15 is 0 Å². The van der Waals surface area contributed by atoms with Gasteiger partial charge >= 0.3 is 0 Å². The molecular weight excluding hydrogens is 502 g/mol. The third-order valence-corrected chi connectivity index (χ3v) is 8.09. The zero-order chi connectivity index (χ0) is 24.5. The molecule has 3 heterocycles. The van der Waals surface area contributed by atoms with Crippen molar-refractivity contribution in [3.63, 3.8) is 0 Å². The summed E-state index contributed by atoms with van der Waals surface area (Å²) in [4.78, 5) is 18.8. The Kier molecular flexibility index (Phi) is 7.08. The summed E-state index contributed by atoms with van der Waals surface area (Å²) in [7, 11) is 0. The molecule has 0 bridgehead atoms. The number of aryl methyl sites for hydroxylation is 2. The monoisotopic (exact) mass is 527 g/mol. The van der Waals surface area contributed by atoms with Gasteiger partial charge in [-0.05, 0) is 80.5 Å². The minimum atomic E-state index is -0.328. The molecule has 0 N–H and O–H groups in total. The lowest BCUT2D eigenvalue weighted by Crippen LogP contribution is -2.22. The van der Waals surface area contributed by atoms with Crippen molar-refractivity contribution in [1.82, 2.24) is 14.1 Å². The summed E-state index contributed by atoms with van der Waals surface area (Å²) in [6.45, 7) is 7.78. The Balaban J connectivity index is 1.68. The number of ether oxygens (including phenoxy) is 3. The minimum absolute atomic E-state index is 0.159. The van der Waals surface area contributed by atoms with E-state index in [0.29, 0.717) is 50.7 Å². The summed E-state index contributed by atoms with van der Waals surface area (Å²) >= 11 is 8.41. The van der Waals surface area contributed by atoms with E-state index in [0.717, 1.165) is 17.0 Å². The zero-order valence-corrected chi connectivity index (χ0v) is 22.1. The van der Waals surface area contributed by atoms with E-state index in [4.69, 9.17) is 31.4 Å². The summed E-state index contributed by atoms with van der Waals surface area (Å²) in [6, 6.07) is 13.6. The maximum Gasteiger partial charge on any atom is 0.278 e. The molecule has 1 saturated heterocycles. The SMILES string of the molecule is CCOc1ccc(-n2c(SCC3OCCO3)nc3c(sc(=S)n3-c3ccc(C)c(C)c3)c2=O)cc1. The second kappa shape index (κ2) is 10.2. The van der Waals surface area contributed by atoms with Crippen LogP contribution in [0.4, 0.5) is 0 Å². The lowest BCUT2D eigenvalue weighted by molar-refractivity contribution is -0.0215. The first-order valence-corrected chi connectivity index (χ1v) is 13.5. The molecule has 7 nitrogen and oxygen atoms in total. The third kappa shape index (κ3) is 4.81. The largest absolute Gasteiger partial charge is 0.494 e. The van der Waals surface area contributed by atoms with Crippen LogP contribution >= 0.6 is 35.3 Å². The van der Waals surface area contributed by atoms with Crippen LogP contribution in [0.5, 0.6) is 5.75 Å². The molecule has 0 spiro atoms. The second-order valence-corrected chi connectivity index (χ2v) is 10.7. The molecular formula is C25H25N3O4S3. The van der Waals surface area contributed by atoms with Gasteiger partial charge in [-0.1, -0.05) is 29.2 Å². The lowest BCUT2D eigenvalue weighted by Gasteiger charge is -2.15. The summed E-state index contributed by atoms with van der Waals surface area (Å²) in [6.07, 6.45) is -0.328. The van der Waals surface area contributed by atoms with Crippen molar-refractivity contribution >= 4 is 45.7 Å². The van der Waals surface area contributed by atoms with Crippen molar-refractivity contribution in [2.45, 2.75) is 32.2 Å². The Hall–Kier alpha value is -2.50. The van der Waals surface area contributed by atoms with Gasteiger partial charge in [-0.25, -0.2) is 4.98 Å². The third-order valence-electron chi connectivity index (χ3n) is 5.77. The molecule has 0 saturated carbocycles. The first-order chi connectivity index (χ1) is 17.0. The van der Waals surface area contributed by atoms with Crippen molar-refractivity contribution in [3.05, 3.63) is 67.9 Å². The topological polar surface area (TPSA) is 67.5 Å². The normalized spacial score (nSPS) is 14.1.